The number of rotatable bonds is 7. The lowest BCUT2D eigenvalue weighted by Crippen LogP contribution is -2.42. The molecule has 1 aliphatic heterocycles. The fourth-order valence-electron chi connectivity index (χ4n) is 2.91. The summed E-state index contributed by atoms with van der Waals surface area (Å²) in [5, 5.41) is 15.8. The average molecular weight is 404 g/mol. The van der Waals surface area contributed by atoms with Gasteiger partial charge in [0.2, 0.25) is 5.91 Å². The van der Waals surface area contributed by atoms with Crippen LogP contribution >= 0.6 is 11.3 Å². The van der Waals surface area contributed by atoms with Gasteiger partial charge in [0.1, 0.15) is 6.54 Å². The van der Waals surface area contributed by atoms with Crippen LogP contribution in [0, 0.1) is 17.0 Å². The van der Waals surface area contributed by atoms with Gasteiger partial charge in [-0.05, 0) is 31.9 Å². The number of ether oxygens (including phenoxy) is 1. The number of nitrogens with one attached hydrogen (secondary N) is 1. The average Bonchev–Trinajstić information content (AvgIpc) is 3.32. The van der Waals surface area contributed by atoms with Crippen LogP contribution in [0.3, 0.4) is 0 Å². The summed E-state index contributed by atoms with van der Waals surface area (Å²) >= 11 is 1.31. The summed E-state index contributed by atoms with van der Waals surface area (Å²) in [5.74, 6) is -0.738. The van der Waals surface area contributed by atoms with Crippen molar-refractivity contribution in [2.45, 2.75) is 25.9 Å². The van der Waals surface area contributed by atoms with Gasteiger partial charge in [-0.2, -0.15) is 0 Å². The topological polar surface area (TPSA) is 115 Å². The molecule has 2 heterocycles. The van der Waals surface area contributed by atoms with E-state index in [1.165, 1.54) is 40.5 Å². The number of benzene rings is 1. The Morgan fingerprint density at radius 3 is 2.71 bits per heavy atom. The zero-order valence-corrected chi connectivity index (χ0v) is 16.1. The van der Waals surface area contributed by atoms with E-state index in [9.17, 15) is 19.7 Å². The molecule has 1 aromatic heterocycles. The third-order valence-corrected chi connectivity index (χ3v) is 5.14. The Morgan fingerprint density at radius 2 is 2.14 bits per heavy atom. The Balaban J connectivity index is 1.72. The first-order valence-electron chi connectivity index (χ1n) is 8.79. The van der Waals surface area contributed by atoms with Gasteiger partial charge >= 0.3 is 0 Å². The van der Waals surface area contributed by atoms with E-state index < -0.39 is 4.92 Å². The normalized spacial score (nSPS) is 16.0. The van der Waals surface area contributed by atoms with Crippen molar-refractivity contribution in [3.8, 4) is 0 Å². The minimum atomic E-state index is -0.526. The van der Waals surface area contributed by atoms with Crippen LogP contribution in [0.1, 0.15) is 28.9 Å². The van der Waals surface area contributed by atoms with Crippen molar-refractivity contribution in [2.24, 2.45) is 0 Å². The summed E-state index contributed by atoms with van der Waals surface area (Å²) in [4.78, 5) is 41.2. The second-order valence-electron chi connectivity index (χ2n) is 6.47. The van der Waals surface area contributed by atoms with Crippen LogP contribution in [0.2, 0.25) is 0 Å². The summed E-state index contributed by atoms with van der Waals surface area (Å²) in [7, 11) is 0. The van der Waals surface area contributed by atoms with Gasteiger partial charge in [-0.25, -0.2) is 4.98 Å². The third-order valence-electron chi connectivity index (χ3n) is 4.26. The molecule has 0 aliphatic carbocycles. The number of anilines is 1. The number of aryl methyl sites for hydroxylation is 1. The summed E-state index contributed by atoms with van der Waals surface area (Å²) < 4.78 is 5.60. The van der Waals surface area contributed by atoms with E-state index >= 15 is 0 Å². The van der Waals surface area contributed by atoms with E-state index in [2.05, 4.69) is 10.3 Å². The smallest absolute Gasteiger partial charge is 0.269 e. The van der Waals surface area contributed by atoms with Crippen LogP contribution in [0.25, 0.3) is 0 Å². The number of carbonyl (C=O) groups excluding carboxylic acids is 2. The molecule has 2 aromatic rings. The number of amides is 2. The van der Waals surface area contributed by atoms with Crippen molar-refractivity contribution in [2.75, 3.05) is 25.0 Å². The van der Waals surface area contributed by atoms with E-state index in [0.29, 0.717) is 11.7 Å². The van der Waals surface area contributed by atoms with E-state index in [0.717, 1.165) is 18.5 Å². The van der Waals surface area contributed by atoms with Crippen molar-refractivity contribution in [1.29, 1.82) is 0 Å². The first-order chi connectivity index (χ1) is 13.4. The van der Waals surface area contributed by atoms with E-state index in [-0.39, 0.29) is 42.3 Å². The molecule has 1 aliphatic rings. The van der Waals surface area contributed by atoms with Gasteiger partial charge < -0.3 is 15.0 Å². The molecule has 0 bridgehead atoms. The van der Waals surface area contributed by atoms with Gasteiger partial charge in [-0.3, -0.25) is 19.7 Å². The van der Waals surface area contributed by atoms with Gasteiger partial charge in [0.05, 0.1) is 16.7 Å². The van der Waals surface area contributed by atoms with Crippen molar-refractivity contribution in [1.82, 2.24) is 9.88 Å². The van der Waals surface area contributed by atoms with E-state index in [1.807, 2.05) is 12.3 Å². The lowest BCUT2D eigenvalue weighted by atomic mass is 10.1. The summed E-state index contributed by atoms with van der Waals surface area (Å²) in [6.45, 7) is 2.58. The largest absolute Gasteiger partial charge is 0.376 e. The number of nitrogens with zero attached hydrogens (tertiary/aromatic N) is 3. The van der Waals surface area contributed by atoms with Crippen LogP contribution < -0.4 is 5.32 Å². The minimum absolute atomic E-state index is 0.0980. The standard InChI is InChI=1S/C18H20N4O5S/c1-12-11-28-18(19-12)20-16(23)10-21(9-15-3-2-8-27-15)17(24)13-4-6-14(7-5-13)22(25)26/h4-7,11,15H,2-3,8-10H2,1H3,(H,19,20,23). The SMILES string of the molecule is Cc1csc(NC(=O)CN(CC2CCCO2)C(=O)c2ccc([N+](=O)[O-])cc2)n1. The molecule has 1 atom stereocenters. The highest BCUT2D eigenvalue weighted by atomic mass is 32.1. The lowest BCUT2D eigenvalue weighted by molar-refractivity contribution is -0.384. The quantitative estimate of drug-likeness (QED) is 0.560. The first kappa shape index (κ1) is 19.9. The predicted octanol–water partition coefficient (Wildman–Crippen LogP) is 2.62. The van der Waals surface area contributed by atoms with Crippen LogP contribution in [-0.2, 0) is 9.53 Å². The lowest BCUT2D eigenvalue weighted by Gasteiger charge is -2.25. The molecule has 10 heteroatoms. The summed E-state index contributed by atoms with van der Waals surface area (Å²) in [5.41, 5.74) is 0.985. The first-order valence-corrected chi connectivity index (χ1v) is 9.67. The molecular formula is C18H20N4O5S. The Kier molecular flexibility index (Phi) is 6.32. The Labute approximate surface area is 165 Å². The zero-order valence-electron chi connectivity index (χ0n) is 15.3. The summed E-state index contributed by atoms with van der Waals surface area (Å²) in [6.07, 6.45) is 1.60. The molecule has 0 saturated carbocycles. The van der Waals surface area contributed by atoms with Crippen LogP contribution in [0.4, 0.5) is 10.8 Å². The number of hydrogen-bond acceptors (Lipinski definition) is 7. The number of non-ortho nitro benzene ring substituents is 1. The molecule has 1 fully saturated rings. The molecule has 0 radical (unpaired) electrons. The van der Waals surface area contributed by atoms with Gasteiger partial charge in [0, 0.05) is 36.2 Å². The zero-order chi connectivity index (χ0) is 20.1. The maximum absolute atomic E-state index is 12.9. The third kappa shape index (κ3) is 5.11. The Morgan fingerprint density at radius 1 is 1.39 bits per heavy atom. The predicted molar refractivity (Wildman–Crippen MR) is 103 cm³/mol. The van der Waals surface area contributed by atoms with Crippen molar-refractivity contribution < 1.29 is 19.2 Å². The number of thiazole rings is 1. The fraction of sp³-hybridized carbons (Fsp3) is 0.389. The summed E-state index contributed by atoms with van der Waals surface area (Å²) in [6, 6.07) is 5.34. The number of carbonyl (C=O) groups is 2. The Hall–Kier alpha value is -2.85. The van der Waals surface area contributed by atoms with Gasteiger partial charge in [-0.1, -0.05) is 0 Å². The van der Waals surface area contributed by atoms with Crippen molar-refractivity contribution in [3.05, 3.63) is 51.0 Å². The maximum atomic E-state index is 12.9. The Bertz CT molecular complexity index is 861. The molecule has 1 N–H and O–H groups in total. The number of nitro groups is 1. The van der Waals surface area contributed by atoms with Gasteiger partial charge in [0.15, 0.2) is 5.13 Å². The number of hydrogen-bond donors (Lipinski definition) is 1. The highest BCUT2D eigenvalue weighted by Gasteiger charge is 2.26. The highest BCUT2D eigenvalue weighted by molar-refractivity contribution is 7.13. The molecule has 0 spiro atoms. The second-order valence-corrected chi connectivity index (χ2v) is 7.33. The fourth-order valence-corrected chi connectivity index (χ4v) is 3.61. The van der Waals surface area contributed by atoms with Crippen molar-refractivity contribution in [3.63, 3.8) is 0 Å². The molecule has 148 valence electrons. The van der Waals surface area contributed by atoms with Crippen LogP contribution in [-0.4, -0.2) is 52.4 Å². The minimum Gasteiger partial charge on any atom is -0.376 e. The van der Waals surface area contributed by atoms with Crippen LogP contribution in [0.15, 0.2) is 29.6 Å². The van der Waals surface area contributed by atoms with E-state index in [1.54, 1.807) is 0 Å². The van der Waals surface area contributed by atoms with Gasteiger partial charge in [0.25, 0.3) is 11.6 Å². The van der Waals surface area contributed by atoms with Crippen molar-refractivity contribution >= 4 is 34.0 Å². The number of nitro benzene ring substituents is 1. The van der Waals surface area contributed by atoms with E-state index in [4.69, 9.17) is 4.74 Å². The van der Waals surface area contributed by atoms with Gasteiger partial charge in [-0.15, -0.1) is 11.3 Å². The molecular weight excluding hydrogens is 384 g/mol. The molecule has 1 saturated heterocycles. The monoisotopic (exact) mass is 404 g/mol. The van der Waals surface area contributed by atoms with Crippen LogP contribution in [0.5, 0.6) is 0 Å². The molecule has 1 aromatic carbocycles. The number of aromatic nitrogens is 1. The molecule has 3 rings (SSSR count). The molecule has 2 amide bonds. The molecule has 1 unspecified atom stereocenters. The molecule has 28 heavy (non-hydrogen) atoms. The highest BCUT2D eigenvalue weighted by Crippen LogP contribution is 2.18. The second kappa shape index (κ2) is 8.89. The molecule has 9 nitrogen and oxygen atoms in total. The maximum Gasteiger partial charge on any atom is 0.269 e.